The summed E-state index contributed by atoms with van der Waals surface area (Å²) in [6.45, 7) is 5.05. The van der Waals surface area contributed by atoms with Crippen molar-refractivity contribution in [1.29, 1.82) is 0 Å². The summed E-state index contributed by atoms with van der Waals surface area (Å²) in [5, 5.41) is 0. The SMILES string of the molecule is CCOP(=O)(OCC)C(COCc1ccccc1)OCCn1cnc2c(N)ncnc21. The van der Waals surface area contributed by atoms with Gasteiger partial charge >= 0.3 is 7.60 Å². The number of nitrogens with two attached hydrogens (primary N) is 1. The number of imidazole rings is 1. The molecule has 0 radical (unpaired) electrons. The normalized spacial score (nSPS) is 13.0. The van der Waals surface area contributed by atoms with Crippen molar-refractivity contribution in [2.75, 3.05) is 32.2 Å². The zero-order valence-electron chi connectivity index (χ0n) is 17.7. The maximum Gasteiger partial charge on any atom is 0.361 e. The molecule has 0 spiro atoms. The Bertz CT molecular complexity index is 990. The molecule has 0 saturated carbocycles. The van der Waals surface area contributed by atoms with Gasteiger partial charge in [0, 0.05) is 6.54 Å². The fourth-order valence-corrected chi connectivity index (χ4v) is 4.70. The lowest BCUT2D eigenvalue weighted by Gasteiger charge is -2.26. The van der Waals surface area contributed by atoms with E-state index in [1.165, 1.54) is 6.33 Å². The Balaban J connectivity index is 1.66. The van der Waals surface area contributed by atoms with Crippen molar-refractivity contribution in [3.63, 3.8) is 0 Å². The summed E-state index contributed by atoms with van der Waals surface area (Å²) in [4.78, 5) is 12.4. The summed E-state index contributed by atoms with van der Waals surface area (Å²) in [6.07, 6.45) is 3.00. The van der Waals surface area contributed by atoms with Crippen LogP contribution in [0.4, 0.5) is 5.82 Å². The van der Waals surface area contributed by atoms with Crippen LogP contribution in [-0.2, 0) is 36.2 Å². The van der Waals surface area contributed by atoms with E-state index in [-0.39, 0.29) is 26.4 Å². The number of benzene rings is 1. The van der Waals surface area contributed by atoms with Gasteiger partial charge in [0.15, 0.2) is 17.3 Å². The van der Waals surface area contributed by atoms with E-state index in [1.807, 2.05) is 30.3 Å². The second-order valence-corrected chi connectivity index (χ2v) is 8.74. The van der Waals surface area contributed by atoms with E-state index in [1.54, 1.807) is 24.7 Å². The largest absolute Gasteiger partial charge is 0.382 e. The Kier molecular flexibility index (Phi) is 8.51. The third-order valence-corrected chi connectivity index (χ3v) is 6.65. The van der Waals surface area contributed by atoms with Gasteiger partial charge in [-0.25, -0.2) is 15.0 Å². The number of nitrogen functional groups attached to an aromatic ring is 1. The minimum absolute atomic E-state index is 0.0615. The fourth-order valence-electron chi connectivity index (χ4n) is 3.00. The maximum absolute atomic E-state index is 13.3. The van der Waals surface area contributed by atoms with Crippen LogP contribution in [0.1, 0.15) is 19.4 Å². The van der Waals surface area contributed by atoms with Gasteiger partial charge in [-0.1, -0.05) is 30.3 Å². The van der Waals surface area contributed by atoms with Crippen molar-refractivity contribution in [3.8, 4) is 0 Å². The van der Waals surface area contributed by atoms with Crippen LogP contribution in [0.15, 0.2) is 43.0 Å². The lowest BCUT2D eigenvalue weighted by Crippen LogP contribution is -2.25. The molecule has 0 amide bonds. The molecular formula is C20H28N5O5P. The van der Waals surface area contributed by atoms with Crippen molar-refractivity contribution in [3.05, 3.63) is 48.5 Å². The van der Waals surface area contributed by atoms with E-state index < -0.39 is 13.4 Å². The smallest absolute Gasteiger partial charge is 0.361 e. The van der Waals surface area contributed by atoms with E-state index in [0.29, 0.717) is 30.1 Å². The van der Waals surface area contributed by atoms with Crippen LogP contribution in [0.25, 0.3) is 11.2 Å². The maximum atomic E-state index is 13.3. The molecule has 11 heteroatoms. The van der Waals surface area contributed by atoms with Crippen molar-refractivity contribution in [1.82, 2.24) is 19.5 Å². The van der Waals surface area contributed by atoms with Gasteiger partial charge in [-0.15, -0.1) is 0 Å². The quantitative estimate of drug-likeness (QED) is 0.392. The summed E-state index contributed by atoms with van der Waals surface area (Å²) >= 11 is 0. The standard InChI is InChI=1S/C20H28N5O5P/c1-3-29-31(26,30-4-2)17(13-27-12-16-8-6-5-7-9-16)28-11-10-25-15-24-18-19(21)22-14-23-20(18)25/h5-9,14-15,17H,3-4,10-13H2,1-2H3,(H2,21,22,23). The summed E-state index contributed by atoms with van der Waals surface area (Å²) in [5.74, 6) is -0.556. The van der Waals surface area contributed by atoms with Gasteiger partial charge in [-0.05, 0) is 19.4 Å². The number of nitrogens with zero attached hydrogens (tertiary/aromatic N) is 4. The predicted octanol–water partition coefficient (Wildman–Crippen LogP) is 3.23. The molecule has 168 valence electrons. The minimum atomic E-state index is -3.53. The minimum Gasteiger partial charge on any atom is -0.382 e. The Morgan fingerprint density at radius 2 is 1.84 bits per heavy atom. The molecule has 2 aromatic heterocycles. The highest BCUT2D eigenvalue weighted by atomic mass is 31.2. The summed E-state index contributed by atoms with van der Waals surface area (Å²) in [5.41, 5.74) is 7.96. The Hall–Kier alpha value is -2.36. The van der Waals surface area contributed by atoms with E-state index >= 15 is 0 Å². The average Bonchev–Trinajstić information content (AvgIpc) is 3.18. The third kappa shape index (κ3) is 6.09. The van der Waals surface area contributed by atoms with Crippen LogP contribution >= 0.6 is 7.60 Å². The zero-order valence-corrected chi connectivity index (χ0v) is 18.6. The van der Waals surface area contributed by atoms with Gasteiger partial charge in [0.25, 0.3) is 0 Å². The second-order valence-electron chi connectivity index (χ2n) is 6.57. The van der Waals surface area contributed by atoms with Crippen molar-refractivity contribution < 1.29 is 23.1 Å². The number of ether oxygens (including phenoxy) is 2. The number of hydrogen-bond donors (Lipinski definition) is 1. The first-order chi connectivity index (χ1) is 15.1. The average molecular weight is 449 g/mol. The first kappa shape index (κ1) is 23.3. The molecule has 0 aliphatic carbocycles. The number of hydrogen-bond acceptors (Lipinski definition) is 9. The first-order valence-electron chi connectivity index (χ1n) is 10.1. The van der Waals surface area contributed by atoms with Crippen molar-refractivity contribution in [2.24, 2.45) is 0 Å². The van der Waals surface area contributed by atoms with Gasteiger partial charge in [-0.3, -0.25) is 4.57 Å². The van der Waals surface area contributed by atoms with Gasteiger partial charge < -0.3 is 28.8 Å². The highest BCUT2D eigenvalue weighted by Crippen LogP contribution is 2.53. The number of fused-ring (bicyclic) bond motifs is 1. The molecule has 1 atom stereocenters. The zero-order chi connectivity index (χ0) is 22.1. The van der Waals surface area contributed by atoms with E-state index in [0.717, 1.165) is 5.56 Å². The Morgan fingerprint density at radius 1 is 1.10 bits per heavy atom. The highest BCUT2D eigenvalue weighted by Gasteiger charge is 2.37. The lowest BCUT2D eigenvalue weighted by molar-refractivity contribution is -0.00224. The molecule has 3 rings (SSSR count). The third-order valence-electron chi connectivity index (χ3n) is 4.41. The Labute approximate surface area is 181 Å². The van der Waals surface area contributed by atoms with Crippen LogP contribution in [0, 0.1) is 0 Å². The Morgan fingerprint density at radius 3 is 2.55 bits per heavy atom. The highest BCUT2D eigenvalue weighted by molar-refractivity contribution is 7.54. The topological polar surface area (TPSA) is 124 Å². The van der Waals surface area contributed by atoms with E-state index in [4.69, 9.17) is 24.3 Å². The number of rotatable bonds is 13. The van der Waals surface area contributed by atoms with Crippen LogP contribution < -0.4 is 5.73 Å². The second kappa shape index (κ2) is 11.3. The monoisotopic (exact) mass is 449 g/mol. The van der Waals surface area contributed by atoms with Gasteiger partial charge in [0.2, 0.25) is 0 Å². The molecule has 0 aliphatic rings. The van der Waals surface area contributed by atoms with Crippen LogP contribution in [-0.4, -0.2) is 51.8 Å². The molecule has 0 bridgehead atoms. The molecule has 0 fully saturated rings. The molecule has 2 N–H and O–H groups in total. The van der Waals surface area contributed by atoms with Crippen LogP contribution in [0.5, 0.6) is 0 Å². The van der Waals surface area contributed by atoms with Gasteiger partial charge in [-0.2, -0.15) is 0 Å². The molecule has 0 aliphatic heterocycles. The molecule has 3 aromatic rings. The van der Waals surface area contributed by atoms with E-state index in [9.17, 15) is 4.57 Å². The fraction of sp³-hybridized carbons (Fsp3) is 0.450. The molecule has 31 heavy (non-hydrogen) atoms. The molecule has 0 saturated heterocycles. The summed E-state index contributed by atoms with van der Waals surface area (Å²) < 4.78 is 37.8. The molecular weight excluding hydrogens is 421 g/mol. The van der Waals surface area contributed by atoms with Gasteiger partial charge in [0.05, 0.1) is 39.4 Å². The first-order valence-corrected chi connectivity index (χ1v) is 11.7. The molecule has 1 aromatic carbocycles. The summed E-state index contributed by atoms with van der Waals surface area (Å²) in [6, 6.07) is 9.72. The van der Waals surface area contributed by atoms with Crippen molar-refractivity contribution in [2.45, 2.75) is 32.8 Å². The molecule has 10 nitrogen and oxygen atoms in total. The van der Waals surface area contributed by atoms with Crippen LogP contribution in [0.2, 0.25) is 0 Å². The lowest BCUT2D eigenvalue weighted by atomic mass is 10.2. The van der Waals surface area contributed by atoms with Crippen molar-refractivity contribution >= 4 is 24.6 Å². The predicted molar refractivity (Wildman–Crippen MR) is 116 cm³/mol. The van der Waals surface area contributed by atoms with Gasteiger partial charge in [0.1, 0.15) is 11.8 Å². The van der Waals surface area contributed by atoms with Crippen LogP contribution in [0.3, 0.4) is 0 Å². The molecule has 1 unspecified atom stereocenters. The number of anilines is 1. The number of aromatic nitrogens is 4. The molecule has 2 heterocycles. The van der Waals surface area contributed by atoms with E-state index in [2.05, 4.69) is 15.0 Å². The summed E-state index contributed by atoms with van der Waals surface area (Å²) in [7, 11) is -3.53.